The van der Waals surface area contributed by atoms with Gasteiger partial charge < -0.3 is 14.5 Å². The number of imide groups is 1. The van der Waals surface area contributed by atoms with Gasteiger partial charge in [-0.25, -0.2) is 4.79 Å². The molecule has 4 amide bonds. The Labute approximate surface area is 112 Å². The lowest BCUT2D eigenvalue weighted by molar-refractivity contribution is -0.135. The summed E-state index contributed by atoms with van der Waals surface area (Å²) in [5.41, 5.74) is 0. The lowest BCUT2D eigenvalue weighted by Gasteiger charge is -2.32. The first kappa shape index (κ1) is 13.8. The summed E-state index contributed by atoms with van der Waals surface area (Å²) in [6, 6.07) is -0.393. The van der Waals surface area contributed by atoms with E-state index in [4.69, 9.17) is 4.74 Å². The smallest absolute Gasteiger partial charge is 0.326 e. The number of carbonyl (C=O) groups is 3. The first-order chi connectivity index (χ1) is 9.09. The van der Waals surface area contributed by atoms with Crippen molar-refractivity contribution in [3.63, 3.8) is 0 Å². The fourth-order valence-electron chi connectivity index (χ4n) is 2.22. The van der Waals surface area contributed by atoms with Crippen molar-refractivity contribution in [1.82, 2.24) is 14.7 Å². The van der Waals surface area contributed by atoms with Crippen LogP contribution in [0.3, 0.4) is 0 Å². The number of hydrogen-bond acceptors (Lipinski definition) is 4. The molecule has 0 N–H and O–H groups in total. The van der Waals surface area contributed by atoms with Crippen molar-refractivity contribution in [2.45, 2.75) is 12.8 Å². The molecule has 2 saturated heterocycles. The van der Waals surface area contributed by atoms with Crippen LogP contribution in [0.4, 0.5) is 4.79 Å². The molecule has 0 aromatic carbocycles. The molecule has 19 heavy (non-hydrogen) atoms. The van der Waals surface area contributed by atoms with Crippen LogP contribution in [0.1, 0.15) is 12.8 Å². The number of rotatable bonds is 2. The second-order valence-corrected chi connectivity index (χ2v) is 4.75. The fourth-order valence-corrected chi connectivity index (χ4v) is 2.22. The molecule has 2 rings (SSSR count). The average Bonchev–Trinajstić information content (AvgIpc) is 2.68. The lowest BCUT2D eigenvalue weighted by atomic mass is 10.2. The summed E-state index contributed by atoms with van der Waals surface area (Å²) in [5.74, 6) is -0.279. The molecule has 0 atom stereocenters. The topological polar surface area (TPSA) is 70.2 Å². The number of carbonyl (C=O) groups excluding carboxylic acids is 3. The predicted octanol–water partition coefficient (Wildman–Crippen LogP) is -0.481. The van der Waals surface area contributed by atoms with Crippen LogP contribution in [0, 0.1) is 0 Å². The highest BCUT2D eigenvalue weighted by Gasteiger charge is 2.31. The van der Waals surface area contributed by atoms with Gasteiger partial charge in [0, 0.05) is 39.7 Å². The highest BCUT2D eigenvalue weighted by molar-refractivity contribution is 5.97. The molecule has 2 fully saturated rings. The summed E-state index contributed by atoms with van der Waals surface area (Å²) in [6.07, 6.45) is 1.09. The first-order valence-corrected chi connectivity index (χ1v) is 6.50. The molecule has 0 aliphatic carbocycles. The van der Waals surface area contributed by atoms with Crippen LogP contribution in [0.5, 0.6) is 0 Å². The van der Waals surface area contributed by atoms with Crippen LogP contribution < -0.4 is 0 Å². The van der Waals surface area contributed by atoms with Crippen LogP contribution in [-0.2, 0) is 14.3 Å². The summed E-state index contributed by atoms with van der Waals surface area (Å²) < 4.78 is 5.29. The van der Waals surface area contributed by atoms with Crippen LogP contribution >= 0.6 is 0 Å². The molecule has 2 heterocycles. The standard InChI is InChI=1S/C12H19N3O4/c1-13-10(16)3-5-15(12(13)18)9-11(17)14-4-2-7-19-8-6-14/h2-9H2,1H3. The monoisotopic (exact) mass is 269 g/mol. The maximum Gasteiger partial charge on any atom is 0.326 e. The molecule has 0 radical (unpaired) electrons. The Morgan fingerprint density at radius 1 is 1.21 bits per heavy atom. The number of urea groups is 1. The Bertz CT molecular complexity index is 377. The van der Waals surface area contributed by atoms with E-state index in [0.29, 0.717) is 32.8 Å². The van der Waals surface area contributed by atoms with Crippen molar-refractivity contribution in [2.75, 3.05) is 46.4 Å². The van der Waals surface area contributed by atoms with E-state index in [1.165, 1.54) is 11.9 Å². The molecule has 0 aromatic heterocycles. The normalized spacial score (nSPS) is 21.6. The van der Waals surface area contributed by atoms with Gasteiger partial charge in [0.15, 0.2) is 0 Å². The van der Waals surface area contributed by atoms with E-state index in [-0.39, 0.29) is 24.8 Å². The third-order valence-electron chi connectivity index (χ3n) is 3.43. The van der Waals surface area contributed by atoms with E-state index in [2.05, 4.69) is 0 Å². The van der Waals surface area contributed by atoms with Gasteiger partial charge in [-0.15, -0.1) is 0 Å². The molecule has 0 aromatic rings. The SMILES string of the molecule is CN1C(=O)CCN(CC(=O)N2CCCOCC2)C1=O. The molecule has 0 unspecified atom stereocenters. The quantitative estimate of drug-likeness (QED) is 0.679. The van der Waals surface area contributed by atoms with Gasteiger partial charge in [-0.05, 0) is 6.42 Å². The summed E-state index contributed by atoms with van der Waals surface area (Å²) in [5, 5.41) is 0. The number of hydrogen-bond donors (Lipinski definition) is 0. The maximum absolute atomic E-state index is 12.1. The molecule has 106 valence electrons. The minimum absolute atomic E-state index is 0.0381. The highest BCUT2D eigenvalue weighted by Crippen LogP contribution is 2.09. The molecule has 2 aliphatic heterocycles. The van der Waals surface area contributed by atoms with Gasteiger partial charge in [-0.3, -0.25) is 14.5 Å². The highest BCUT2D eigenvalue weighted by atomic mass is 16.5. The fraction of sp³-hybridized carbons (Fsp3) is 0.750. The van der Waals surface area contributed by atoms with E-state index >= 15 is 0 Å². The molecular formula is C12H19N3O4. The van der Waals surface area contributed by atoms with Crippen molar-refractivity contribution >= 4 is 17.8 Å². The Hall–Kier alpha value is -1.63. The zero-order valence-corrected chi connectivity index (χ0v) is 11.1. The van der Waals surface area contributed by atoms with Crippen LogP contribution in [0.2, 0.25) is 0 Å². The lowest BCUT2D eigenvalue weighted by Crippen LogP contribution is -2.53. The first-order valence-electron chi connectivity index (χ1n) is 6.50. The van der Waals surface area contributed by atoms with Gasteiger partial charge in [-0.2, -0.15) is 0 Å². The second kappa shape index (κ2) is 6.01. The van der Waals surface area contributed by atoms with Crippen LogP contribution in [0.15, 0.2) is 0 Å². The summed E-state index contributed by atoms with van der Waals surface area (Å²) in [4.78, 5) is 39.5. The molecule has 7 nitrogen and oxygen atoms in total. The van der Waals surface area contributed by atoms with Crippen LogP contribution in [0.25, 0.3) is 0 Å². The van der Waals surface area contributed by atoms with Crippen molar-refractivity contribution in [1.29, 1.82) is 0 Å². The van der Waals surface area contributed by atoms with E-state index < -0.39 is 6.03 Å². The minimum Gasteiger partial charge on any atom is -0.380 e. The van der Waals surface area contributed by atoms with E-state index in [9.17, 15) is 14.4 Å². The molecular weight excluding hydrogens is 250 g/mol. The van der Waals surface area contributed by atoms with Gasteiger partial charge in [0.1, 0.15) is 6.54 Å². The molecule has 7 heteroatoms. The molecule has 0 saturated carbocycles. The van der Waals surface area contributed by atoms with Gasteiger partial charge in [0.05, 0.1) is 6.61 Å². The maximum atomic E-state index is 12.1. The largest absolute Gasteiger partial charge is 0.380 e. The predicted molar refractivity (Wildman–Crippen MR) is 66.4 cm³/mol. The summed E-state index contributed by atoms with van der Waals surface area (Å²) in [6.45, 7) is 2.79. The van der Waals surface area contributed by atoms with Crippen molar-refractivity contribution in [2.24, 2.45) is 0 Å². The average molecular weight is 269 g/mol. The van der Waals surface area contributed by atoms with Gasteiger partial charge in [0.25, 0.3) is 0 Å². The molecule has 2 aliphatic rings. The third kappa shape index (κ3) is 3.23. The van der Waals surface area contributed by atoms with Crippen molar-refractivity contribution in [3.8, 4) is 0 Å². The van der Waals surface area contributed by atoms with Crippen molar-refractivity contribution < 1.29 is 19.1 Å². The van der Waals surface area contributed by atoms with Crippen molar-refractivity contribution in [3.05, 3.63) is 0 Å². The Morgan fingerprint density at radius 3 is 2.79 bits per heavy atom. The Kier molecular flexibility index (Phi) is 4.36. The third-order valence-corrected chi connectivity index (χ3v) is 3.43. The van der Waals surface area contributed by atoms with Gasteiger partial charge >= 0.3 is 6.03 Å². The number of amides is 4. The second-order valence-electron chi connectivity index (χ2n) is 4.75. The Balaban J connectivity index is 1.91. The number of nitrogens with zero attached hydrogens (tertiary/aromatic N) is 3. The van der Waals surface area contributed by atoms with Crippen LogP contribution in [-0.4, -0.2) is 79.0 Å². The zero-order chi connectivity index (χ0) is 13.8. The van der Waals surface area contributed by atoms with Gasteiger partial charge in [-0.1, -0.05) is 0 Å². The number of ether oxygens (including phenoxy) is 1. The summed E-state index contributed by atoms with van der Waals surface area (Å²) >= 11 is 0. The zero-order valence-electron chi connectivity index (χ0n) is 11.1. The van der Waals surface area contributed by atoms with Gasteiger partial charge in [0.2, 0.25) is 11.8 Å². The minimum atomic E-state index is -0.393. The van der Waals surface area contributed by atoms with E-state index in [1.807, 2.05) is 0 Å². The molecule has 0 bridgehead atoms. The summed E-state index contributed by atoms with van der Waals surface area (Å²) in [7, 11) is 1.45. The molecule has 0 spiro atoms. The van der Waals surface area contributed by atoms with E-state index in [1.54, 1.807) is 4.90 Å². The Morgan fingerprint density at radius 2 is 2.00 bits per heavy atom. The van der Waals surface area contributed by atoms with E-state index in [0.717, 1.165) is 11.3 Å².